The summed E-state index contributed by atoms with van der Waals surface area (Å²) < 4.78 is 9.85. The Hall–Kier alpha value is -2.63. The quantitative estimate of drug-likeness (QED) is 0.651. The Kier molecular flexibility index (Phi) is 5.30. The van der Waals surface area contributed by atoms with Gasteiger partial charge in [0.05, 0.1) is 19.7 Å². The maximum atomic E-state index is 12.1. The van der Waals surface area contributed by atoms with E-state index in [0.29, 0.717) is 24.2 Å². The Morgan fingerprint density at radius 2 is 2.00 bits per heavy atom. The predicted octanol–water partition coefficient (Wildman–Crippen LogP) is 1.93. The summed E-state index contributed by atoms with van der Waals surface area (Å²) in [5, 5.41) is 3.58. The molecule has 6 nitrogen and oxygen atoms in total. The highest BCUT2D eigenvalue weighted by Crippen LogP contribution is 2.24. The molecule has 0 saturated carbocycles. The minimum Gasteiger partial charge on any atom is -0.496 e. The Morgan fingerprint density at radius 3 is 2.73 bits per heavy atom. The topological polar surface area (TPSA) is 77.5 Å². The summed E-state index contributed by atoms with van der Waals surface area (Å²) in [5.41, 5.74) is 0.982. The number of nitrogens with zero attached hydrogens (tertiary/aromatic N) is 1. The number of nitrogens with one attached hydrogen (secondary N) is 1. The van der Waals surface area contributed by atoms with Crippen LogP contribution in [0.2, 0.25) is 0 Å². The third-order valence-electron chi connectivity index (χ3n) is 3.20. The molecule has 2 rings (SSSR count). The van der Waals surface area contributed by atoms with Gasteiger partial charge in [0.1, 0.15) is 11.4 Å². The van der Waals surface area contributed by atoms with E-state index in [1.165, 1.54) is 7.11 Å². The van der Waals surface area contributed by atoms with E-state index < -0.39 is 0 Å². The van der Waals surface area contributed by atoms with Gasteiger partial charge in [0, 0.05) is 24.4 Å². The van der Waals surface area contributed by atoms with Crippen molar-refractivity contribution in [3.8, 4) is 5.75 Å². The summed E-state index contributed by atoms with van der Waals surface area (Å²) >= 11 is 0. The molecule has 0 fully saturated rings. The van der Waals surface area contributed by atoms with Crippen LogP contribution in [0.5, 0.6) is 5.75 Å². The number of methoxy groups -OCH3 is 2. The number of para-hydroxylation sites is 1. The molecule has 116 valence electrons. The molecule has 0 aliphatic rings. The number of esters is 1. The van der Waals surface area contributed by atoms with Crippen molar-refractivity contribution in [1.82, 2.24) is 10.3 Å². The van der Waals surface area contributed by atoms with Crippen LogP contribution < -0.4 is 10.1 Å². The number of aromatic nitrogens is 1. The van der Waals surface area contributed by atoms with Crippen molar-refractivity contribution >= 4 is 22.8 Å². The van der Waals surface area contributed by atoms with Crippen LogP contribution in [-0.2, 0) is 9.53 Å². The number of hydrogen-bond donors (Lipinski definition) is 1. The molecule has 0 bridgehead atoms. The molecule has 1 amide bonds. The first-order chi connectivity index (χ1) is 10.7. The molecule has 22 heavy (non-hydrogen) atoms. The van der Waals surface area contributed by atoms with Gasteiger partial charge in [-0.05, 0) is 18.6 Å². The second-order valence-corrected chi connectivity index (χ2v) is 4.66. The van der Waals surface area contributed by atoms with Gasteiger partial charge in [-0.15, -0.1) is 0 Å². The average molecular weight is 302 g/mol. The summed E-state index contributed by atoms with van der Waals surface area (Å²) in [6, 6.07) is 9.06. The zero-order valence-corrected chi connectivity index (χ0v) is 12.6. The van der Waals surface area contributed by atoms with Crippen LogP contribution in [0.15, 0.2) is 30.3 Å². The number of hydrogen-bond acceptors (Lipinski definition) is 5. The number of ether oxygens (including phenoxy) is 2. The molecule has 0 saturated heterocycles. The van der Waals surface area contributed by atoms with Crippen LogP contribution >= 0.6 is 0 Å². The SMILES string of the molecule is COC(=O)CCCNC(=O)c1cc(OC)c2ccccc2n1. The Morgan fingerprint density at radius 1 is 1.23 bits per heavy atom. The number of rotatable bonds is 6. The molecular weight excluding hydrogens is 284 g/mol. The van der Waals surface area contributed by atoms with Crippen LogP contribution in [0.25, 0.3) is 10.9 Å². The van der Waals surface area contributed by atoms with Crippen LogP contribution in [0, 0.1) is 0 Å². The maximum Gasteiger partial charge on any atom is 0.305 e. The highest BCUT2D eigenvalue weighted by Gasteiger charge is 2.12. The van der Waals surface area contributed by atoms with Crippen LogP contribution in [-0.4, -0.2) is 37.6 Å². The summed E-state index contributed by atoms with van der Waals surface area (Å²) in [6.07, 6.45) is 0.786. The number of benzene rings is 1. The molecule has 0 aliphatic carbocycles. The highest BCUT2D eigenvalue weighted by atomic mass is 16.5. The van der Waals surface area contributed by atoms with Crippen molar-refractivity contribution in [1.29, 1.82) is 0 Å². The monoisotopic (exact) mass is 302 g/mol. The number of fused-ring (bicyclic) bond motifs is 1. The standard InChI is InChI=1S/C16H18N2O4/c1-21-14-10-13(18-12-7-4-3-6-11(12)14)16(20)17-9-5-8-15(19)22-2/h3-4,6-7,10H,5,8-9H2,1-2H3,(H,17,20). The van der Waals surface area contributed by atoms with Gasteiger partial charge in [-0.1, -0.05) is 12.1 Å². The van der Waals surface area contributed by atoms with Crippen molar-refractivity contribution in [3.63, 3.8) is 0 Å². The predicted molar refractivity (Wildman–Crippen MR) is 81.9 cm³/mol. The van der Waals surface area contributed by atoms with Gasteiger partial charge in [-0.2, -0.15) is 0 Å². The summed E-state index contributed by atoms with van der Waals surface area (Å²) in [4.78, 5) is 27.4. The van der Waals surface area contributed by atoms with Gasteiger partial charge in [0.25, 0.3) is 5.91 Å². The van der Waals surface area contributed by atoms with E-state index in [9.17, 15) is 9.59 Å². The molecule has 0 spiro atoms. The van der Waals surface area contributed by atoms with E-state index >= 15 is 0 Å². The highest BCUT2D eigenvalue weighted by molar-refractivity contribution is 5.97. The summed E-state index contributed by atoms with van der Waals surface area (Å²) in [6.45, 7) is 0.380. The van der Waals surface area contributed by atoms with Crippen LogP contribution in [0.1, 0.15) is 23.3 Å². The van der Waals surface area contributed by atoms with Crippen molar-refractivity contribution in [3.05, 3.63) is 36.0 Å². The first-order valence-corrected chi connectivity index (χ1v) is 6.94. The molecule has 0 aliphatic heterocycles. The van der Waals surface area contributed by atoms with Crippen molar-refractivity contribution < 1.29 is 19.1 Å². The van der Waals surface area contributed by atoms with Gasteiger partial charge in [0.15, 0.2) is 0 Å². The van der Waals surface area contributed by atoms with Gasteiger partial charge >= 0.3 is 5.97 Å². The first-order valence-electron chi connectivity index (χ1n) is 6.94. The molecule has 1 aromatic heterocycles. The zero-order chi connectivity index (χ0) is 15.9. The molecule has 1 heterocycles. The number of pyridine rings is 1. The summed E-state index contributed by atoms with van der Waals surface area (Å²) in [5.74, 6) is 0.0129. The van der Waals surface area contributed by atoms with Gasteiger partial charge < -0.3 is 14.8 Å². The number of carbonyl (C=O) groups is 2. The second kappa shape index (κ2) is 7.40. The van der Waals surface area contributed by atoms with E-state index in [1.807, 2.05) is 24.3 Å². The van der Waals surface area contributed by atoms with Crippen molar-refractivity contribution in [2.75, 3.05) is 20.8 Å². The second-order valence-electron chi connectivity index (χ2n) is 4.66. The lowest BCUT2D eigenvalue weighted by Crippen LogP contribution is -2.26. The minimum atomic E-state index is -0.297. The van der Waals surface area contributed by atoms with E-state index in [1.54, 1.807) is 13.2 Å². The van der Waals surface area contributed by atoms with Crippen molar-refractivity contribution in [2.45, 2.75) is 12.8 Å². The fourth-order valence-electron chi connectivity index (χ4n) is 2.06. The van der Waals surface area contributed by atoms with Crippen LogP contribution in [0.3, 0.4) is 0 Å². The molecule has 2 aromatic rings. The Balaban J connectivity index is 2.06. The van der Waals surface area contributed by atoms with Gasteiger partial charge in [-0.3, -0.25) is 9.59 Å². The largest absolute Gasteiger partial charge is 0.496 e. The van der Waals surface area contributed by atoms with Gasteiger partial charge in [-0.25, -0.2) is 4.98 Å². The van der Waals surface area contributed by atoms with E-state index in [4.69, 9.17) is 4.74 Å². The lowest BCUT2D eigenvalue weighted by molar-refractivity contribution is -0.140. The molecule has 1 N–H and O–H groups in total. The third kappa shape index (κ3) is 3.72. The Labute approximate surface area is 128 Å². The fourth-order valence-corrected chi connectivity index (χ4v) is 2.06. The molecular formula is C16H18N2O4. The molecule has 1 aromatic carbocycles. The lowest BCUT2D eigenvalue weighted by atomic mass is 10.1. The average Bonchev–Trinajstić information content (AvgIpc) is 2.57. The normalized spacial score (nSPS) is 10.3. The van der Waals surface area contributed by atoms with Crippen LogP contribution in [0.4, 0.5) is 0 Å². The van der Waals surface area contributed by atoms with Crippen molar-refractivity contribution in [2.24, 2.45) is 0 Å². The first kappa shape index (κ1) is 15.8. The molecule has 6 heteroatoms. The van der Waals surface area contributed by atoms with Gasteiger partial charge in [0.2, 0.25) is 0 Å². The van der Waals surface area contributed by atoms with E-state index in [0.717, 1.165) is 5.39 Å². The smallest absolute Gasteiger partial charge is 0.305 e. The third-order valence-corrected chi connectivity index (χ3v) is 3.20. The zero-order valence-electron chi connectivity index (χ0n) is 12.6. The fraction of sp³-hybridized carbons (Fsp3) is 0.312. The minimum absolute atomic E-state index is 0.269. The lowest BCUT2D eigenvalue weighted by Gasteiger charge is -2.09. The number of carbonyl (C=O) groups excluding carboxylic acids is 2. The summed E-state index contributed by atoms with van der Waals surface area (Å²) in [7, 11) is 2.89. The molecule has 0 atom stereocenters. The molecule has 0 radical (unpaired) electrons. The molecule has 0 unspecified atom stereocenters. The van der Waals surface area contributed by atoms with E-state index in [2.05, 4.69) is 15.0 Å². The maximum absolute atomic E-state index is 12.1. The Bertz CT molecular complexity index is 685. The number of amides is 1. The van der Waals surface area contributed by atoms with E-state index in [-0.39, 0.29) is 24.0 Å².